The molecule has 0 amide bonds. The molecule has 0 saturated carbocycles. The molecule has 1 unspecified atom stereocenters. The number of aromatic nitrogens is 4. The standard InChI is InChI=1S/C25H26F2N6O/c1-16-20(14-18-8-9-21(26)22(27)15-18)24(34)33-25(28-16)29-23(30-33)17(2)31-10-12-32(13-11-31)19-6-4-3-5-7-19/h3-9,15,17H,10-14H2,1-2H3,(H,28,29,30). The van der Waals surface area contributed by atoms with Gasteiger partial charge in [0, 0.05) is 49.5 Å². The fourth-order valence-electron chi connectivity index (χ4n) is 4.49. The van der Waals surface area contributed by atoms with Crippen LogP contribution >= 0.6 is 0 Å². The van der Waals surface area contributed by atoms with Crippen LogP contribution in [-0.4, -0.2) is 50.7 Å². The highest BCUT2D eigenvalue weighted by molar-refractivity contribution is 5.46. The molecule has 34 heavy (non-hydrogen) atoms. The molecule has 3 heterocycles. The van der Waals surface area contributed by atoms with Crippen molar-refractivity contribution in [1.82, 2.24) is 24.5 Å². The second kappa shape index (κ2) is 8.98. The van der Waals surface area contributed by atoms with Crippen LogP contribution in [0.3, 0.4) is 0 Å². The number of halogens is 2. The van der Waals surface area contributed by atoms with Crippen molar-refractivity contribution in [2.24, 2.45) is 0 Å². The van der Waals surface area contributed by atoms with E-state index in [1.807, 2.05) is 25.1 Å². The molecule has 1 N–H and O–H groups in total. The first-order valence-electron chi connectivity index (χ1n) is 11.4. The Morgan fingerprint density at radius 2 is 1.76 bits per heavy atom. The third kappa shape index (κ3) is 4.19. The smallest absolute Gasteiger partial charge is 0.279 e. The minimum atomic E-state index is -0.933. The number of hydrogen-bond donors (Lipinski definition) is 1. The fourth-order valence-corrected chi connectivity index (χ4v) is 4.49. The third-order valence-corrected chi connectivity index (χ3v) is 6.55. The van der Waals surface area contributed by atoms with Crippen LogP contribution in [0.1, 0.15) is 35.6 Å². The quantitative estimate of drug-likeness (QED) is 0.490. The largest absolute Gasteiger partial charge is 0.369 e. The lowest BCUT2D eigenvalue weighted by atomic mass is 10.0. The van der Waals surface area contributed by atoms with Crippen molar-refractivity contribution in [3.63, 3.8) is 0 Å². The van der Waals surface area contributed by atoms with Crippen LogP contribution in [0.25, 0.3) is 5.78 Å². The molecule has 1 fully saturated rings. The summed E-state index contributed by atoms with van der Waals surface area (Å²) in [4.78, 5) is 25.6. The van der Waals surface area contributed by atoms with Crippen molar-refractivity contribution in [1.29, 1.82) is 0 Å². The Kier molecular flexibility index (Phi) is 5.87. The topological polar surface area (TPSA) is 69.5 Å². The predicted octanol–water partition coefficient (Wildman–Crippen LogP) is 3.48. The van der Waals surface area contributed by atoms with Crippen molar-refractivity contribution in [3.8, 4) is 0 Å². The van der Waals surface area contributed by atoms with Crippen molar-refractivity contribution < 1.29 is 8.78 Å². The van der Waals surface area contributed by atoms with Gasteiger partial charge in [0.15, 0.2) is 17.5 Å². The van der Waals surface area contributed by atoms with Gasteiger partial charge in [-0.05, 0) is 43.7 Å². The number of para-hydroxylation sites is 1. The van der Waals surface area contributed by atoms with Gasteiger partial charge in [0.05, 0.1) is 6.04 Å². The molecule has 2 aromatic heterocycles. The van der Waals surface area contributed by atoms with Gasteiger partial charge in [-0.2, -0.15) is 9.50 Å². The summed E-state index contributed by atoms with van der Waals surface area (Å²) in [7, 11) is 0. The van der Waals surface area contributed by atoms with Gasteiger partial charge in [-0.3, -0.25) is 9.69 Å². The van der Waals surface area contributed by atoms with Gasteiger partial charge in [-0.1, -0.05) is 24.3 Å². The Morgan fingerprint density at radius 3 is 2.47 bits per heavy atom. The highest BCUT2D eigenvalue weighted by atomic mass is 19.2. The molecule has 1 aliphatic heterocycles. The van der Waals surface area contributed by atoms with Crippen LogP contribution in [0.2, 0.25) is 0 Å². The lowest BCUT2D eigenvalue weighted by molar-refractivity contribution is 0.192. The highest BCUT2D eigenvalue weighted by Gasteiger charge is 2.26. The first-order valence-corrected chi connectivity index (χ1v) is 11.4. The molecule has 1 aliphatic rings. The molecule has 0 spiro atoms. The van der Waals surface area contributed by atoms with Gasteiger partial charge < -0.3 is 9.88 Å². The van der Waals surface area contributed by atoms with Crippen LogP contribution in [0, 0.1) is 18.6 Å². The maximum absolute atomic E-state index is 13.6. The van der Waals surface area contributed by atoms with E-state index in [0.29, 0.717) is 28.4 Å². The third-order valence-electron chi connectivity index (χ3n) is 6.55. The predicted molar refractivity (Wildman–Crippen MR) is 126 cm³/mol. The van der Waals surface area contributed by atoms with Crippen LogP contribution in [0.4, 0.5) is 14.5 Å². The Bertz CT molecular complexity index is 1380. The van der Waals surface area contributed by atoms with Crippen LogP contribution in [0.15, 0.2) is 53.3 Å². The number of piperazine rings is 1. The summed E-state index contributed by atoms with van der Waals surface area (Å²) in [5, 5.41) is 4.51. The van der Waals surface area contributed by atoms with Crippen LogP contribution in [-0.2, 0) is 6.42 Å². The Labute approximate surface area is 195 Å². The summed E-state index contributed by atoms with van der Waals surface area (Å²) in [6, 6.07) is 14.0. The van der Waals surface area contributed by atoms with Gasteiger partial charge in [0.25, 0.3) is 5.56 Å². The number of hydrogen-bond acceptors (Lipinski definition) is 5. The van der Waals surface area contributed by atoms with E-state index in [9.17, 15) is 13.6 Å². The molecular weight excluding hydrogens is 438 g/mol. The van der Waals surface area contributed by atoms with E-state index in [2.05, 4.69) is 37.0 Å². The molecule has 1 atom stereocenters. The van der Waals surface area contributed by atoms with Gasteiger partial charge in [0.1, 0.15) is 0 Å². The second-order valence-electron chi connectivity index (χ2n) is 8.70. The van der Waals surface area contributed by atoms with E-state index in [1.165, 1.54) is 16.3 Å². The van der Waals surface area contributed by atoms with E-state index in [-0.39, 0.29) is 18.0 Å². The molecule has 176 valence electrons. The SMILES string of the molecule is Cc1[nH]c2nc(C(C)N3CCN(c4ccccc4)CC3)nn2c(=O)c1Cc1ccc(F)c(F)c1. The zero-order valence-corrected chi connectivity index (χ0v) is 19.1. The first-order chi connectivity index (χ1) is 16.4. The summed E-state index contributed by atoms with van der Waals surface area (Å²) in [6.45, 7) is 7.35. The van der Waals surface area contributed by atoms with Crippen LogP contribution < -0.4 is 10.5 Å². The number of aromatic amines is 1. The minimum Gasteiger partial charge on any atom is -0.369 e. The number of aryl methyl sites for hydroxylation is 1. The monoisotopic (exact) mass is 464 g/mol. The number of H-pyrrole nitrogens is 1. The zero-order chi connectivity index (χ0) is 23.8. The lowest BCUT2D eigenvalue weighted by Crippen LogP contribution is -2.47. The molecule has 0 aliphatic carbocycles. The highest BCUT2D eigenvalue weighted by Crippen LogP contribution is 2.22. The molecule has 5 rings (SSSR count). The van der Waals surface area contributed by atoms with E-state index in [4.69, 9.17) is 0 Å². The van der Waals surface area contributed by atoms with Crippen molar-refractivity contribution in [2.45, 2.75) is 26.3 Å². The van der Waals surface area contributed by atoms with E-state index < -0.39 is 11.6 Å². The van der Waals surface area contributed by atoms with Crippen molar-refractivity contribution in [2.75, 3.05) is 31.1 Å². The molecular formula is C25H26F2N6O. The summed E-state index contributed by atoms with van der Waals surface area (Å²) < 4.78 is 28.2. The molecule has 0 radical (unpaired) electrons. The van der Waals surface area contributed by atoms with Gasteiger partial charge in [0.2, 0.25) is 5.78 Å². The lowest BCUT2D eigenvalue weighted by Gasteiger charge is -2.38. The Morgan fingerprint density at radius 1 is 1.03 bits per heavy atom. The molecule has 7 nitrogen and oxygen atoms in total. The van der Waals surface area contributed by atoms with Crippen molar-refractivity contribution in [3.05, 3.63) is 93.2 Å². The van der Waals surface area contributed by atoms with E-state index in [0.717, 1.165) is 38.3 Å². The minimum absolute atomic E-state index is 0.0550. The second-order valence-corrected chi connectivity index (χ2v) is 8.70. The summed E-state index contributed by atoms with van der Waals surface area (Å²) >= 11 is 0. The molecule has 4 aromatic rings. The number of nitrogens with one attached hydrogen (secondary N) is 1. The Balaban J connectivity index is 1.36. The zero-order valence-electron chi connectivity index (χ0n) is 19.1. The summed E-state index contributed by atoms with van der Waals surface area (Å²) in [6.07, 6.45) is 0.167. The molecule has 9 heteroatoms. The normalized spacial score (nSPS) is 15.7. The molecule has 1 saturated heterocycles. The average Bonchev–Trinajstić information content (AvgIpc) is 3.28. The number of anilines is 1. The first kappa shape index (κ1) is 22.2. The summed E-state index contributed by atoms with van der Waals surface area (Å²) in [5.74, 6) is -0.895. The van der Waals surface area contributed by atoms with E-state index >= 15 is 0 Å². The van der Waals surface area contributed by atoms with Crippen molar-refractivity contribution >= 4 is 11.5 Å². The maximum Gasteiger partial charge on any atom is 0.279 e. The average molecular weight is 465 g/mol. The van der Waals surface area contributed by atoms with Gasteiger partial charge in [-0.15, -0.1) is 5.10 Å². The number of fused-ring (bicyclic) bond motifs is 1. The van der Waals surface area contributed by atoms with Crippen LogP contribution in [0.5, 0.6) is 0 Å². The molecule has 2 aromatic carbocycles. The molecule has 0 bridgehead atoms. The summed E-state index contributed by atoms with van der Waals surface area (Å²) in [5.41, 5.74) is 2.49. The van der Waals surface area contributed by atoms with Gasteiger partial charge in [-0.25, -0.2) is 8.78 Å². The number of benzene rings is 2. The fraction of sp³-hybridized carbons (Fsp3) is 0.320. The van der Waals surface area contributed by atoms with E-state index in [1.54, 1.807) is 6.92 Å². The maximum atomic E-state index is 13.6. The Hall–Kier alpha value is -3.59. The number of rotatable bonds is 5. The van der Waals surface area contributed by atoms with Gasteiger partial charge >= 0.3 is 0 Å². The number of nitrogens with zero attached hydrogens (tertiary/aromatic N) is 5.